The average Bonchev–Trinajstić information content (AvgIpc) is 2.79. The molecule has 0 aliphatic heterocycles. The molecule has 8 heteroatoms. The molecule has 2 aromatic rings. The first-order chi connectivity index (χ1) is 8.49. The summed E-state index contributed by atoms with van der Waals surface area (Å²) in [5.74, 6) is 1.17. The SMILES string of the molecule is CC(C)c1noc(Cn2ncc(Br)c(Br)c2=O)n1. The lowest BCUT2D eigenvalue weighted by atomic mass is 10.2. The molecule has 0 N–H and O–H groups in total. The topological polar surface area (TPSA) is 73.8 Å². The van der Waals surface area contributed by atoms with Gasteiger partial charge in [-0.3, -0.25) is 4.79 Å². The Balaban J connectivity index is 2.29. The van der Waals surface area contributed by atoms with Gasteiger partial charge in [0.05, 0.1) is 10.7 Å². The van der Waals surface area contributed by atoms with Crippen LogP contribution in [0.3, 0.4) is 0 Å². The van der Waals surface area contributed by atoms with Crippen molar-refractivity contribution in [3.05, 3.63) is 37.2 Å². The Morgan fingerprint density at radius 2 is 2.17 bits per heavy atom. The molecule has 2 rings (SSSR count). The highest BCUT2D eigenvalue weighted by Crippen LogP contribution is 2.16. The first-order valence-corrected chi connectivity index (χ1v) is 6.81. The molecule has 6 nitrogen and oxygen atoms in total. The zero-order chi connectivity index (χ0) is 13.3. The molecule has 0 atom stereocenters. The van der Waals surface area contributed by atoms with E-state index in [0.717, 1.165) is 0 Å². The summed E-state index contributed by atoms with van der Waals surface area (Å²) in [7, 11) is 0. The van der Waals surface area contributed by atoms with Crippen LogP contribution in [0.15, 0.2) is 24.5 Å². The van der Waals surface area contributed by atoms with Crippen molar-refractivity contribution in [2.45, 2.75) is 26.3 Å². The molecule has 0 aliphatic rings. The van der Waals surface area contributed by atoms with Gasteiger partial charge in [0.25, 0.3) is 5.56 Å². The first kappa shape index (κ1) is 13.4. The second kappa shape index (κ2) is 5.31. The Labute approximate surface area is 120 Å². The number of halogens is 2. The highest BCUT2D eigenvalue weighted by molar-refractivity contribution is 9.13. The van der Waals surface area contributed by atoms with Crippen LogP contribution in [0, 0.1) is 0 Å². The van der Waals surface area contributed by atoms with Crippen molar-refractivity contribution in [3.8, 4) is 0 Å². The van der Waals surface area contributed by atoms with E-state index < -0.39 is 0 Å². The van der Waals surface area contributed by atoms with Gasteiger partial charge in [0.15, 0.2) is 5.82 Å². The number of hydrogen-bond donors (Lipinski definition) is 0. The summed E-state index contributed by atoms with van der Waals surface area (Å²) >= 11 is 6.40. The minimum Gasteiger partial charge on any atom is -0.337 e. The fourth-order valence-electron chi connectivity index (χ4n) is 1.25. The van der Waals surface area contributed by atoms with Crippen LogP contribution >= 0.6 is 31.9 Å². The van der Waals surface area contributed by atoms with E-state index in [9.17, 15) is 4.79 Å². The van der Waals surface area contributed by atoms with Gasteiger partial charge in [-0.25, -0.2) is 4.68 Å². The van der Waals surface area contributed by atoms with Crippen LogP contribution in [0.4, 0.5) is 0 Å². The summed E-state index contributed by atoms with van der Waals surface area (Å²) in [6.45, 7) is 4.09. The largest absolute Gasteiger partial charge is 0.337 e. The number of aromatic nitrogens is 4. The van der Waals surface area contributed by atoms with E-state index in [1.807, 2.05) is 13.8 Å². The molecule has 0 aliphatic carbocycles. The monoisotopic (exact) mass is 376 g/mol. The lowest BCUT2D eigenvalue weighted by molar-refractivity contribution is 0.357. The van der Waals surface area contributed by atoms with E-state index in [-0.39, 0.29) is 18.0 Å². The predicted molar refractivity (Wildman–Crippen MR) is 71.4 cm³/mol. The van der Waals surface area contributed by atoms with Crippen molar-refractivity contribution < 1.29 is 4.52 Å². The van der Waals surface area contributed by atoms with Crippen molar-refractivity contribution in [2.24, 2.45) is 0 Å². The van der Waals surface area contributed by atoms with Gasteiger partial charge in [-0.05, 0) is 31.9 Å². The Morgan fingerprint density at radius 3 is 2.78 bits per heavy atom. The third-order valence-electron chi connectivity index (χ3n) is 2.23. The molecule has 0 aromatic carbocycles. The molecule has 0 amide bonds. The van der Waals surface area contributed by atoms with E-state index in [4.69, 9.17) is 4.52 Å². The maximum absolute atomic E-state index is 11.9. The van der Waals surface area contributed by atoms with Crippen LogP contribution in [-0.4, -0.2) is 19.9 Å². The zero-order valence-electron chi connectivity index (χ0n) is 9.72. The van der Waals surface area contributed by atoms with E-state index in [2.05, 4.69) is 47.1 Å². The Bertz CT molecular complexity index is 621. The highest BCUT2D eigenvalue weighted by Gasteiger charge is 2.13. The molecule has 0 spiro atoms. The van der Waals surface area contributed by atoms with Gasteiger partial charge in [-0.1, -0.05) is 19.0 Å². The standard InChI is InChI=1S/C10H10Br2N4O2/c1-5(2)9-14-7(18-15-9)4-16-10(17)8(12)6(11)3-13-16/h3,5H,4H2,1-2H3. The van der Waals surface area contributed by atoms with Crippen molar-refractivity contribution >= 4 is 31.9 Å². The van der Waals surface area contributed by atoms with Crippen molar-refractivity contribution in [1.29, 1.82) is 0 Å². The van der Waals surface area contributed by atoms with E-state index in [1.54, 1.807) is 0 Å². The Hall–Kier alpha value is -1.02. The molecule has 0 bridgehead atoms. The molecule has 2 heterocycles. The summed E-state index contributed by atoms with van der Waals surface area (Å²) < 4.78 is 7.35. The van der Waals surface area contributed by atoms with Gasteiger partial charge < -0.3 is 4.52 Å². The van der Waals surface area contributed by atoms with Crippen molar-refractivity contribution in [3.63, 3.8) is 0 Å². The van der Waals surface area contributed by atoms with Gasteiger partial charge in [0.2, 0.25) is 5.89 Å². The van der Waals surface area contributed by atoms with Crippen LogP contribution in [0.1, 0.15) is 31.5 Å². The molecule has 0 radical (unpaired) electrons. The lowest BCUT2D eigenvalue weighted by Crippen LogP contribution is -2.24. The third kappa shape index (κ3) is 2.69. The normalized spacial score (nSPS) is 11.2. The predicted octanol–water partition coefficient (Wildman–Crippen LogP) is 2.32. The zero-order valence-corrected chi connectivity index (χ0v) is 12.9. The maximum atomic E-state index is 11.9. The molecule has 0 fully saturated rings. The molecular formula is C10H10Br2N4O2. The van der Waals surface area contributed by atoms with Crippen molar-refractivity contribution in [1.82, 2.24) is 19.9 Å². The fraction of sp³-hybridized carbons (Fsp3) is 0.400. The summed E-state index contributed by atoms with van der Waals surface area (Å²) in [6.07, 6.45) is 1.53. The smallest absolute Gasteiger partial charge is 0.282 e. The Kier molecular flexibility index (Phi) is 3.96. The Morgan fingerprint density at radius 1 is 1.44 bits per heavy atom. The summed E-state index contributed by atoms with van der Waals surface area (Å²) in [5, 5.41) is 7.82. The second-order valence-corrected chi connectivity index (χ2v) is 5.62. The van der Waals surface area contributed by atoms with Gasteiger partial charge in [-0.15, -0.1) is 0 Å². The van der Waals surface area contributed by atoms with Crippen LogP contribution in [0.25, 0.3) is 0 Å². The number of nitrogens with zero attached hydrogens (tertiary/aromatic N) is 4. The average molecular weight is 378 g/mol. The van der Waals surface area contributed by atoms with E-state index in [0.29, 0.717) is 20.7 Å². The first-order valence-electron chi connectivity index (χ1n) is 5.22. The van der Waals surface area contributed by atoms with Crippen molar-refractivity contribution in [2.75, 3.05) is 0 Å². The molecular weight excluding hydrogens is 368 g/mol. The second-order valence-electron chi connectivity index (χ2n) is 3.97. The molecule has 2 aromatic heterocycles. The molecule has 0 unspecified atom stereocenters. The van der Waals surface area contributed by atoms with Gasteiger partial charge in [0.1, 0.15) is 11.0 Å². The highest BCUT2D eigenvalue weighted by atomic mass is 79.9. The quantitative estimate of drug-likeness (QED) is 0.820. The third-order valence-corrected chi connectivity index (χ3v) is 4.13. The molecule has 0 saturated heterocycles. The molecule has 96 valence electrons. The molecule has 18 heavy (non-hydrogen) atoms. The summed E-state index contributed by atoms with van der Waals surface area (Å²) in [6, 6.07) is 0. The summed E-state index contributed by atoms with van der Waals surface area (Å²) in [5.41, 5.74) is -0.256. The maximum Gasteiger partial charge on any atom is 0.282 e. The minimum atomic E-state index is -0.256. The minimum absolute atomic E-state index is 0.157. The van der Waals surface area contributed by atoms with Crippen LogP contribution in [0.5, 0.6) is 0 Å². The van der Waals surface area contributed by atoms with Gasteiger partial charge >= 0.3 is 0 Å². The lowest BCUT2D eigenvalue weighted by Gasteiger charge is -2.02. The van der Waals surface area contributed by atoms with Crippen LogP contribution < -0.4 is 5.56 Å². The fourth-order valence-corrected chi connectivity index (χ4v) is 1.82. The van der Waals surface area contributed by atoms with Gasteiger partial charge in [0, 0.05) is 5.92 Å². The molecule has 0 saturated carbocycles. The van der Waals surface area contributed by atoms with Gasteiger partial charge in [-0.2, -0.15) is 10.1 Å². The van der Waals surface area contributed by atoms with Crippen LogP contribution in [0.2, 0.25) is 0 Å². The number of hydrogen-bond acceptors (Lipinski definition) is 5. The van der Waals surface area contributed by atoms with E-state index >= 15 is 0 Å². The van der Waals surface area contributed by atoms with Crippen LogP contribution in [-0.2, 0) is 6.54 Å². The summed E-state index contributed by atoms with van der Waals surface area (Å²) in [4.78, 5) is 16.1. The number of rotatable bonds is 3. The van der Waals surface area contributed by atoms with E-state index in [1.165, 1.54) is 10.9 Å².